The number of allylic oxidation sites excluding steroid dienone is 1. The van der Waals surface area contributed by atoms with Gasteiger partial charge in [0.25, 0.3) is 5.69 Å². The summed E-state index contributed by atoms with van der Waals surface area (Å²) in [4.78, 5) is 33.1. The molecule has 0 aliphatic heterocycles. The molecular weight excluding hydrogens is 296 g/mol. The summed E-state index contributed by atoms with van der Waals surface area (Å²) >= 11 is 0. The summed E-state index contributed by atoms with van der Waals surface area (Å²) in [7, 11) is 0. The number of nitrogens with zero attached hydrogens (tertiary/aromatic N) is 1. The molecule has 0 unspecified atom stereocenters. The number of hydrogen-bond acceptors (Lipinski definition) is 4. The van der Waals surface area contributed by atoms with Crippen LogP contribution in [0.2, 0.25) is 0 Å². The molecule has 0 aliphatic rings. The van der Waals surface area contributed by atoms with Crippen LogP contribution in [0.25, 0.3) is 6.08 Å². The van der Waals surface area contributed by atoms with Crippen molar-refractivity contribution in [1.29, 1.82) is 0 Å². The molecule has 2 rings (SSSR count). The Morgan fingerprint density at radius 3 is 2.43 bits per heavy atom. The zero-order valence-electron chi connectivity index (χ0n) is 12.4. The van der Waals surface area contributed by atoms with E-state index in [0.29, 0.717) is 5.69 Å². The van der Waals surface area contributed by atoms with Crippen LogP contribution in [0.3, 0.4) is 0 Å². The molecule has 6 heteroatoms. The smallest absolute Gasteiger partial charge is 0.270 e. The maximum absolute atomic E-state index is 12.0. The van der Waals surface area contributed by atoms with E-state index in [-0.39, 0.29) is 22.9 Å². The number of nitrogens with one attached hydrogen (secondary N) is 1. The molecule has 1 amide bonds. The van der Waals surface area contributed by atoms with Gasteiger partial charge in [-0.25, -0.2) is 0 Å². The van der Waals surface area contributed by atoms with Crippen molar-refractivity contribution in [2.45, 2.75) is 6.92 Å². The standard InChI is InChI=1S/C17H14N2O4/c1-12(20)18-15-8-5-13(6-9-15)7-10-17(21)14-3-2-4-16(11-14)19(22)23/h2-11H,1H3,(H,18,20). The highest BCUT2D eigenvalue weighted by atomic mass is 16.6. The maximum Gasteiger partial charge on any atom is 0.270 e. The van der Waals surface area contributed by atoms with Gasteiger partial charge in [0.15, 0.2) is 5.78 Å². The van der Waals surface area contributed by atoms with Crippen LogP contribution in [0.15, 0.2) is 54.6 Å². The Kier molecular flexibility index (Phi) is 4.99. The first-order valence-corrected chi connectivity index (χ1v) is 6.80. The average molecular weight is 310 g/mol. The predicted octanol–water partition coefficient (Wildman–Crippen LogP) is 3.45. The number of carbonyl (C=O) groups excluding carboxylic acids is 2. The minimum Gasteiger partial charge on any atom is -0.326 e. The van der Waals surface area contributed by atoms with Gasteiger partial charge in [0, 0.05) is 30.3 Å². The number of carbonyl (C=O) groups is 2. The van der Waals surface area contributed by atoms with Crippen LogP contribution >= 0.6 is 0 Å². The minimum atomic E-state index is -0.540. The molecule has 0 saturated carbocycles. The van der Waals surface area contributed by atoms with Crippen molar-refractivity contribution >= 4 is 29.1 Å². The molecule has 0 aromatic heterocycles. The van der Waals surface area contributed by atoms with Gasteiger partial charge in [-0.2, -0.15) is 0 Å². The highest BCUT2D eigenvalue weighted by molar-refractivity contribution is 6.07. The van der Waals surface area contributed by atoms with Crippen molar-refractivity contribution in [2.24, 2.45) is 0 Å². The van der Waals surface area contributed by atoms with Gasteiger partial charge in [0.2, 0.25) is 5.91 Å². The van der Waals surface area contributed by atoms with Crippen molar-refractivity contribution in [2.75, 3.05) is 5.32 Å². The second kappa shape index (κ2) is 7.13. The zero-order valence-corrected chi connectivity index (χ0v) is 12.4. The Morgan fingerprint density at radius 2 is 1.83 bits per heavy atom. The number of hydrogen-bond donors (Lipinski definition) is 1. The van der Waals surface area contributed by atoms with Crippen LogP contribution in [-0.2, 0) is 4.79 Å². The van der Waals surface area contributed by atoms with Crippen LogP contribution in [0.5, 0.6) is 0 Å². The molecule has 0 spiro atoms. The van der Waals surface area contributed by atoms with Crippen molar-refractivity contribution in [1.82, 2.24) is 0 Å². The van der Waals surface area contributed by atoms with Gasteiger partial charge >= 0.3 is 0 Å². The van der Waals surface area contributed by atoms with E-state index in [0.717, 1.165) is 5.56 Å². The highest BCUT2D eigenvalue weighted by Crippen LogP contribution is 2.15. The first-order valence-electron chi connectivity index (χ1n) is 6.80. The Hall–Kier alpha value is -3.28. The molecule has 0 fully saturated rings. The van der Waals surface area contributed by atoms with Crippen molar-refractivity contribution in [3.63, 3.8) is 0 Å². The van der Waals surface area contributed by atoms with E-state index >= 15 is 0 Å². The Bertz CT molecular complexity index is 779. The molecule has 0 bridgehead atoms. The van der Waals surface area contributed by atoms with E-state index < -0.39 is 4.92 Å². The summed E-state index contributed by atoms with van der Waals surface area (Å²) in [5, 5.41) is 13.4. The summed E-state index contributed by atoms with van der Waals surface area (Å²) in [6.45, 7) is 1.42. The minimum absolute atomic E-state index is 0.121. The lowest BCUT2D eigenvalue weighted by atomic mass is 10.1. The lowest BCUT2D eigenvalue weighted by Gasteiger charge is -2.01. The van der Waals surface area contributed by atoms with E-state index in [1.165, 1.54) is 37.3 Å². The third kappa shape index (κ3) is 4.60. The fourth-order valence-corrected chi connectivity index (χ4v) is 1.92. The maximum atomic E-state index is 12.0. The topological polar surface area (TPSA) is 89.3 Å². The molecule has 0 saturated heterocycles. The lowest BCUT2D eigenvalue weighted by Crippen LogP contribution is -2.05. The van der Waals surface area contributed by atoms with Gasteiger partial charge < -0.3 is 5.32 Å². The molecule has 1 N–H and O–H groups in total. The third-order valence-electron chi connectivity index (χ3n) is 3.00. The molecule has 2 aromatic carbocycles. The monoisotopic (exact) mass is 310 g/mol. The SMILES string of the molecule is CC(=O)Nc1ccc(C=CC(=O)c2cccc([N+](=O)[O-])c2)cc1. The molecule has 6 nitrogen and oxygen atoms in total. The quantitative estimate of drug-likeness (QED) is 0.396. The van der Waals surface area contributed by atoms with Gasteiger partial charge in [-0.15, -0.1) is 0 Å². The second-order valence-electron chi connectivity index (χ2n) is 4.81. The van der Waals surface area contributed by atoms with E-state index in [1.807, 2.05) is 0 Å². The third-order valence-corrected chi connectivity index (χ3v) is 3.00. The normalized spacial score (nSPS) is 10.5. The summed E-state index contributed by atoms with van der Waals surface area (Å²) in [6, 6.07) is 12.5. The largest absolute Gasteiger partial charge is 0.326 e. The number of non-ortho nitro benzene ring substituents is 1. The zero-order chi connectivity index (χ0) is 16.8. The van der Waals surface area contributed by atoms with E-state index in [9.17, 15) is 19.7 Å². The summed E-state index contributed by atoms with van der Waals surface area (Å²) in [6.07, 6.45) is 2.96. The Balaban J connectivity index is 2.10. The molecule has 0 heterocycles. The number of amides is 1. The fourth-order valence-electron chi connectivity index (χ4n) is 1.92. The molecule has 2 aromatic rings. The predicted molar refractivity (Wildman–Crippen MR) is 87.2 cm³/mol. The van der Waals surface area contributed by atoms with Crippen molar-refractivity contribution in [3.05, 3.63) is 75.8 Å². The van der Waals surface area contributed by atoms with Gasteiger partial charge in [0.05, 0.1) is 4.92 Å². The molecule has 0 atom stereocenters. The molecule has 0 radical (unpaired) electrons. The Labute approximate surface area is 132 Å². The number of anilines is 1. The average Bonchev–Trinajstić information content (AvgIpc) is 2.53. The van der Waals surface area contributed by atoms with Crippen molar-refractivity contribution < 1.29 is 14.5 Å². The number of benzene rings is 2. The van der Waals surface area contributed by atoms with Crippen LogP contribution in [-0.4, -0.2) is 16.6 Å². The Morgan fingerprint density at radius 1 is 1.13 bits per heavy atom. The lowest BCUT2D eigenvalue weighted by molar-refractivity contribution is -0.384. The van der Waals surface area contributed by atoms with E-state index in [1.54, 1.807) is 30.3 Å². The molecular formula is C17H14N2O4. The highest BCUT2D eigenvalue weighted by Gasteiger charge is 2.09. The summed E-state index contributed by atoms with van der Waals surface area (Å²) in [5.74, 6) is -0.478. The number of rotatable bonds is 5. The van der Waals surface area contributed by atoms with Crippen LogP contribution in [0.4, 0.5) is 11.4 Å². The number of nitro groups is 1. The molecule has 0 aliphatic carbocycles. The van der Waals surface area contributed by atoms with Crippen LogP contribution in [0.1, 0.15) is 22.8 Å². The van der Waals surface area contributed by atoms with Gasteiger partial charge in [0.1, 0.15) is 0 Å². The first kappa shape index (κ1) is 16.1. The number of nitro benzene ring substituents is 1. The molecule has 23 heavy (non-hydrogen) atoms. The van der Waals surface area contributed by atoms with E-state index in [4.69, 9.17) is 0 Å². The van der Waals surface area contributed by atoms with Gasteiger partial charge in [-0.1, -0.05) is 30.3 Å². The van der Waals surface area contributed by atoms with E-state index in [2.05, 4.69) is 5.32 Å². The second-order valence-corrected chi connectivity index (χ2v) is 4.81. The van der Waals surface area contributed by atoms with Crippen LogP contribution < -0.4 is 5.32 Å². The molecule has 116 valence electrons. The summed E-state index contributed by atoms with van der Waals surface area (Å²) in [5.41, 5.74) is 1.58. The number of ketones is 1. The summed E-state index contributed by atoms with van der Waals surface area (Å²) < 4.78 is 0. The fraction of sp³-hybridized carbons (Fsp3) is 0.0588. The van der Waals surface area contributed by atoms with Gasteiger partial charge in [-0.05, 0) is 23.8 Å². The van der Waals surface area contributed by atoms with Gasteiger partial charge in [-0.3, -0.25) is 19.7 Å². The van der Waals surface area contributed by atoms with Crippen LogP contribution in [0, 0.1) is 10.1 Å². The first-order chi connectivity index (χ1) is 11.0. The van der Waals surface area contributed by atoms with Crippen molar-refractivity contribution in [3.8, 4) is 0 Å².